The van der Waals surface area contributed by atoms with Gasteiger partial charge < -0.3 is 18.8 Å². The Morgan fingerprint density at radius 3 is 2.62 bits per heavy atom. The van der Waals surface area contributed by atoms with E-state index in [1.54, 1.807) is 0 Å². The molecule has 1 aliphatic rings. The van der Waals surface area contributed by atoms with Gasteiger partial charge in [-0.15, -0.1) is 0 Å². The minimum atomic E-state index is 0.0816. The average molecular weight is 352 g/mol. The molecule has 1 unspecified atom stereocenters. The van der Waals surface area contributed by atoms with Crippen LogP contribution in [0.2, 0.25) is 0 Å². The van der Waals surface area contributed by atoms with Gasteiger partial charge in [-0.1, -0.05) is 24.3 Å². The van der Waals surface area contributed by atoms with Crippen LogP contribution in [0.25, 0.3) is 11.0 Å². The van der Waals surface area contributed by atoms with Gasteiger partial charge in [0.25, 0.3) is 0 Å². The zero-order valence-corrected chi connectivity index (χ0v) is 15.1. The summed E-state index contributed by atoms with van der Waals surface area (Å²) in [6, 6.07) is 16.0. The highest BCUT2D eigenvalue weighted by atomic mass is 16.5. The molecule has 136 valence electrons. The van der Waals surface area contributed by atoms with Gasteiger partial charge in [0, 0.05) is 6.61 Å². The second-order valence-corrected chi connectivity index (χ2v) is 6.34. The molecule has 2 aromatic carbocycles. The van der Waals surface area contributed by atoms with Crippen molar-refractivity contribution in [3.05, 3.63) is 54.4 Å². The Labute approximate surface area is 153 Å². The van der Waals surface area contributed by atoms with Gasteiger partial charge in [0.15, 0.2) is 11.5 Å². The summed E-state index contributed by atoms with van der Waals surface area (Å²) in [7, 11) is 0. The van der Waals surface area contributed by atoms with Crippen LogP contribution in [0.15, 0.2) is 48.5 Å². The smallest absolute Gasteiger partial charge is 0.161 e. The Hall–Kier alpha value is -2.53. The fourth-order valence-electron chi connectivity index (χ4n) is 3.45. The second-order valence-electron chi connectivity index (χ2n) is 6.34. The quantitative estimate of drug-likeness (QED) is 0.633. The van der Waals surface area contributed by atoms with Crippen molar-refractivity contribution in [2.45, 2.75) is 32.4 Å². The maximum absolute atomic E-state index is 6.02. The predicted octanol–water partition coefficient (Wildman–Crippen LogP) is 4.37. The van der Waals surface area contributed by atoms with Crippen LogP contribution in [-0.4, -0.2) is 29.4 Å². The Balaban J connectivity index is 1.54. The van der Waals surface area contributed by atoms with Crippen molar-refractivity contribution in [3.8, 4) is 11.5 Å². The number of nitrogens with zero attached hydrogens (tertiary/aromatic N) is 2. The van der Waals surface area contributed by atoms with Gasteiger partial charge in [0.1, 0.15) is 18.5 Å². The summed E-state index contributed by atoms with van der Waals surface area (Å²) in [6.07, 6.45) is 2.20. The minimum absolute atomic E-state index is 0.0816. The topological polar surface area (TPSA) is 45.5 Å². The molecule has 0 radical (unpaired) electrons. The number of hydrogen-bond donors (Lipinski definition) is 0. The summed E-state index contributed by atoms with van der Waals surface area (Å²) in [6.45, 7) is 4.67. The average Bonchev–Trinajstić information content (AvgIpc) is 3.31. The first-order chi connectivity index (χ1) is 12.9. The molecule has 1 fully saturated rings. The predicted molar refractivity (Wildman–Crippen MR) is 101 cm³/mol. The van der Waals surface area contributed by atoms with Crippen LogP contribution in [-0.2, 0) is 11.3 Å². The third-order valence-electron chi connectivity index (χ3n) is 4.62. The van der Waals surface area contributed by atoms with E-state index in [1.165, 1.54) is 0 Å². The molecule has 1 aromatic heterocycles. The molecule has 1 atom stereocenters. The van der Waals surface area contributed by atoms with E-state index in [1.807, 2.05) is 43.3 Å². The zero-order valence-electron chi connectivity index (χ0n) is 15.1. The molecule has 0 saturated carbocycles. The Morgan fingerprint density at radius 2 is 1.85 bits per heavy atom. The first-order valence-electron chi connectivity index (χ1n) is 9.28. The number of hydrogen-bond acceptors (Lipinski definition) is 4. The minimum Gasteiger partial charge on any atom is -0.490 e. The maximum atomic E-state index is 6.02. The number of rotatable bonds is 7. The van der Waals surface area contributed by atoms with Gasteiger partial charge in [-0.3, -0.25) is 0 Å². The van der Waals surface area contributed by atoms with Gasteiger partial charge in [0.2, 0.25) is 0 Å². The lowest BCUT2D eigenvalue weighted by Crippen LogP contribution is -2.14. The molecule has 5 heteroatoms. The summed E-state index contributed by atoms with van der Waals surface area (Å²) in [5.74, 6) is 2.56. The monoisotopic (exact) mass is 352 g/mol. The molecule has 4 rings (SSSR count). The van der Waals surface area contributed by atoms with Crippen molar-refractivity contribution < 1.29 is 14.2 Å². The summed E-state index contributed by atoms with van der Waals surface area (Å²) in [5.41, 5.74) is 2.13. The van der Waals surface area contributed by atoms with Crippen molar-refractivity contribution in [3.63, 3.8) is 0 Å². The highest BCUT2D eigenvalue weighted by molar-refractivity contribution is 5.76. The van der Waals surface area contributed by atoms with Crippen molar-refractivity contribution >= 4 is 11.0 Å². The lowest BCUT2D eigenvalue weighted by atomic mass is 10.2. The highest BCUT2D eigenvalue weighted by Gasteiger charge is 2.24. The molecule has 1 saturated heterocycles. The number of benzene rings is 2. The van der Waals surface area contributed by atoms with Crippen LogP contribution >= 0.6 is 0 Å². The van der Waals surface area contributed by atoms with Crippen LogP contribution < -0.4 is 9.47 Å². The van der Waals surface area contributed by atoms with E-state index in [0.29, 0.717) is 13.2 Å². The van der Waals surface area contributed by atoms with Crippen molar-refractivity contribution in [1.82, 2.24) is 9.55 Å². The van der Waals surface area contributed by atoms with E-state index in [0.717, 1.165) is 54.4 Å². The van der Waals surface area contributed by atoms with E-state index in [-0.39, 0.29) is 6.10 Å². The number of imidazole rings is 1. The SMILES string of the molecule is CCOc1ccccc1OCCn1c(C2CCCO2)nc2ccccc21. The van der Waals surface area contributed by atoms with E-state index >= 15 is 0 Å². The lowest BCUT2D eigenvalue weighted by Gasteiger charge is -2.15. The van der Waals surface area contributed by atoms with Crippen LogP contribution in [0.3, 0.4) is 0 Å². The van der Waals surface area contributed by atoms with Crippen molar-refractivity contribution in [1.29, 1.82) is 0 Å². The van der Waals surface area contributed by atoms with Gasteiger partial charge >= 0.3 is 0 Å². The highest BCUT2D eigenvalue weighted by Crippen LogP contribution is 2.31. The summed E-state index contributed by atoms with van der Waals surface area (Å²) < 4.78 is 19.8. The third-order valence-corrected chi connectivity index (χ3v) is 4.62. The van der Waals surface area contributed by atoms with Gasteiger partial charge in [-0.2, -0.15) is 0 Å². The van der Waals surface area contributed by atoms with Crippen LogP contribution in [0.4, 0.5) is 0 Å². The van der Waals surface area contributed by atoms with E-state index in [2.05, 4.69) is 16.7 Å². The third kappa shape index (κ3) is 3.40. The summed E-state index contributed by atoms with van der Waals surface area (Å²) >= 11 is 0. The zero-order chi connectivity index (χ0) is 17.8. The Kier molecular flexibility index (Phi) is 5.07. The van der Waals surface area contributed by atoms with Gasteiger partial charge in [0.05, 0.1) is 24.2 Å². The maximum Gasteiger partial charge on any atom is 0.161 e. The van der Waals surface area contributed by atoms with E-state index in [9.17, 15) is 0 Å². The number of fused-ring (bicyclic) bond motifs is 1. The fourth-order valence-corrected chi connectivity index (χ4v) is 3.45. The fraction of sp³-hybridized carbons (Fsp3) is 0.381. The number of para-hydroxylation sites is 4. The molecule has 0 bridgehead atoms. The molecular formula is C21H24N2O3. The van der Waals surface area contributed by atoms with Crippen molar-refractivity contribution in [2.24, 2.45) is 0 Å². The largest absolute Gasteiger partial charge is 0.490 e. The van der Waals surface area contributed by atoms with Gasteiger partial charge in [-0.25, -0.2) is 4.98 Å². The molecule has 2 heterocycles. The Morgan fingerprint density at radius 1 is 1.08 bits per heavy atom. The molecule has 0 spiro atoms. The lowest BCUT2D eigenvalue weighted by molar-refractivity contribution is 0.101. The standard InChI is InChI=1S/C21H24N2O3/c1-2-24-18-10-5-6-11-19(18)26-15-13-23-17-9-4-3-8-16(17)22-21(23)20-12-7-14-25-20/h3-6,8-11,20H,2,7,12-15H2,1H3. The molecule has 5 nitrogen and oxygen atoms in total. The van der Waals surface area contributed by atoms with E-state index < -0.39 is 0 Å². The molecule has 0 N–H and O–H groups in total. The molecule has 0 amide bonds. The summed E-state index contributed by atoms with van der Waals surface area (Å²) in [4.78, 5) is 4.83. The van der Waals surface area contributed by atoms with Crippen LogP contribution in [0, 0.1) is 0 Å². The second kappa shape index (κ2) is 7.79. The van der Waals surface area contributed by atoms with E-state index in [4.69, 9.17) is 19.2 Å². The summed E-state index contributed by atoms with van der Waals surface area (Å²) in [5, 5.41) is 0. The van der Waals surface area contributed by atoms with Crippen molar-refractivity contribution in [2.75, 3.05) is 19.8 Å². The Bertz CT molecular complexity index is 869. The van der Waals surface area contributed by atoms with Crippen LogP contribution in [0.1, 0.15) is 31.7 Å². The molecule has 0 aliphatic carbocycles. The first-order valence-corrected chi connectivity index (χ1v) is 9.28. The molecular weight excluding hydrogens is 328 g/mol. The molecule has 1 aliphatic heterocycles. The molecule has 26 heavy (non-hydrogen) atoms. The number of ether oxygens (including phenoxy) is 3. The first kappa shape index (κ1) is 16.9. The van der Waals surface area contributed by atoms with Crippen LogP contribution in [0.5, 0.6) is 11.5 Å². The number of aromatic nitrogens is 2. The molecule has 3 aromatic rings. The normalized spacial score (nSPS) is 16.9. The van der Waals surface area contributed by atoms with Gasteiger partial charge in [-0.05, 0) is 44.0 Å².